The molecule has 0 aliphatic rings. The van der Waals surface area contributed by atoms with Gasteiger partial charge in [0.2, 0.25) is 0 Å². The van der Waals surface area contributed by atoms with Crippen LogP contribution in [0.3, 0.4) is 0 Å². The van der Waals surface area contributed by atoms with Crippen LogP contribution in [0.2, 0.25) is 10.0 Å². The van der Waals surface area contributed by atoms with Crippen LogP contribution >= 0.6 is 35.0 Å². The van der Waals surface area contributed by atoms with Crippen molar-refractivity contribution < 1.29 is 9.90 Å². The molecule has 0 aliphatic carbocycles. The lowest BCUT2D eigenvalue weighted by atomic mass is 10.0. The zero-order chi connectivity index (χ0) is 17.8. The second-order valence-electron chi connectivity index (χ2n) is 5.41. The maximum absolute atomic E-state index is 12.6. The number of ketones is 1. The first-order valence-corrected chi connectivity index (χ1v) is 9.28. The molecule has 3 rings (SSSR count). The SMILES string of the molecule is O=C(c1ccc(SCc2ccccc2)cc1)c1cc(Cl)cc(Cl)c1O. The minimum Gasteiger partial charge on any atom is -0.506 e. The van der Waals surface area contributed by atoms with Crippen molar-refractivity contribution in [2.24, 2.45) is 0 Å². The molecule has 0 saturated heterocycles. The summed E-state index contributed by atoms with van der Waals surface area (Å²) < 4.78 is 0. The number of benzene rings is 3. The highest BCUT2D eigenvalue weighted by molar-refractivity contribution is 7.98. The molecule has 0 heterocycles. The lowest BCUT2D eigenvalue weighted by Gasteiger charge is -2.07. The van der Waals surface area contributed by atoms with Crippen LogP contribution in [0, 0.1) is 0 Å². The molecule has 0 atom stereocenters. The fourth-order valence-electron chi connectivity index (χ4n) is 2.34. The molecule has 0 aliphatic heterocycles. The van der Waals surface area contributed by atoms with Gasteiger partial charge in [-0.15, -0.1) is 11.8 Å². The van der Waals surface area contributed by atoms with E-state index in [4.69, 9.17) is 23.2 Å². The highest BCUT2D eigenvalue weighted by Gasteiger charge is 2.17. The van der Waals surface area contributed by atoms with Crippen LogP contribution in [-0.2, 0) is 5.75 Å². The molecule has 5 heteroatoms. The second kappa shape index (κ2) is 7.96. The number of hydrogen-bond donors (Lipinski definition) is 1. The number of carbonyl (C=O) groups is 1. The lowest BCUT2D eigenvalue weighted by Crippen LogP contribution is -2.02. The normalized spacial score (nSPS) is 10.6. The predicted octanol–water partition coefficient (Wildman–Crippen LogP) is 6.22. The average Bonchev–Trinajstić information content (AvgIpc) is 2.63. The van der Waals surface area contributed by atoms with E-state index < -0.39 is 0 Å². The first-order chi connectivity index (χ1) is 12.0. The van der Waals surface area contributed by atoms with E-state index in [1.807, 2.05) is 30.3 Å². The quantitative estimate of drug-likeness (QED) is 0.416. The predicted molar refractivity (Wildman–Crippen MR) is 104 cm³/mol. The van der Waals surface area contributed by atoms with E-state index in [0.717, 1.165) is 10.6 Å². The molecular weight excluding hydrogens is 375 g/mol. The van der Waals surface area contributed by atoms with Crippen LogP contribution < -0.4 is 0 Å². The number of phenols is 1. The largest absolute Gasteiger partial charge is 0.506 e. The molecule has 0 unspecified atom stereocenters. The van der Waals surface area contributed by atoms with Crippen molar-refractivity contribution in [3.8, 4) is 5.75 Å². The number of rotatable bonds is 5. The Bertz CT molecular complexity index is 894. The molecule has 0 bridgehead atoms. The molecule has 0 saturated carbocycles. The van der Waals surface area contributed by atoms with E-state index in [0.29, 0.717) is 10.6 Å². The fraction of sp³-hybridized carbons (Fsp3) is 0.0500. The highest BCUT2D eigenvalue weighted by Crippen LogP contribution is 2.33. The molecule has 1 N–H and O–H groups in total. The molecule has 3 aromatic rings. The third kappa shape index (κ3) is 4.37. The van der Waals surface area contributed by atoms with Crippen molar-refractivity contribution >= 4 is 40.7 Å². The lowest BCUT2D eigenvalue weighted by molar-refractivity contribution is 0.103. The summed E-state index contributed by atoms with van der Waals surface area (Å²) in [6.07, 6.45) is 0. The summed E-state index contributed by atoms with van der Waals surface area (Å²) in [4.78, 5) is 13.6. The molecule has 0 amide bonds. The average molecular weight is 389 g/mol. The van der Waals surface area contributed by atoms with E-state index in [9.17, 15) is 9.90 Å². The minimum absolute atomic E-state index is 0.0610. The van der Waals surface area contributed by atoms with E-state index in [2.05, 4.69) is 12.1 Å². The number of thioether (sulfide) groups is 1. The number of carbonyl (C=O) groups excluding carboxylic acids is 1. The maximum atomic E-state index is 12.6. The summed E-state index contributed by atoms with van der Waals surface area (Å²) in [5.41, 5.74) is 1.81. The van der Waals surface area contributed by atoms with Gasteiger partial charge in [0.05, 0.1) is 10.6 Å². The summed E-state index contributed by atoms with van der Waals surface area (Å²) in [7, 11) is 0. The fourth-order valence-corrected chi connectivity index (χ4v) is 3.69. The molecule has 0 radical (unpaired) electrons. The van der Waals surface area contributed by atoms with Gasteiger partial charge < -0.3 is 5.11 Å². The van der Waals surface area contributed by atoms with Crippen molar-refractivity contribution in [1.29, 1.82) is 0 Å². The van der Waals surface area contributed by atoms with Crippen LogP contribution in [0.5, 0.6) is 5.75 Å². The molecule has 0 fully saturated rings. The van der Waals surface area contributed by atoms with E-state index in [1.54, 1.807) is 23.9 Å². The topological polar surface area (TPSA) is 37.3 Å². The Labute approximate surface area is 160 Å². The van der Waals surface area contributed by atoms with Crippen molar-refractivity contribution in [2.45, 2.75) is 10.6 Å². The van der Waals surface area contributed by atoms with E-state index in [1.165, 1.54) is 17.7 Å². The summed E-state index contributed by atoms with van der Waals surface area (Å²) in [5, 5.41) is 10.4. The number of aromatic hydroxyl groups is 1. The Hall–Kier alpha value is -1.94. The Balaban J connectivity index is 1.75. The first kappa shape index (κ1) is 17.9. The first-order valence-electron chi connectivity index (χ1n) is 7.54. The zero-order valence-corrected chi connectivity index (χ0v) is 15.4. The summed E-state index contributed by atoms with van der Waals surface area (Å²) in [6.45, 7) is 0. The maximum Gasteiger partial charge on any atom is 0.196 e. The van der Waals surface area contributed by atoms with Crippen molar-refractivity contribution in [1.82, 2.24) is 0 Å². The van der Waals surface area contributed by atoms with E-state index in [-0.39, 0.29) is 22.1 Å². The molecule has 126 valence electrons. The summed E-state index contributed by atoms with van der Waals surface area (Å²) in [5.74, 6) is 0.291. The summed E-state index contributed by atoms with van der Waals surface area (Å²) >= 11 is 13.5. The minimum atomic E-state index is -0.318. The Morgan fingerprint density at radius 3 is 2.32 bits per heavy atom. The van der Waals surface area contributed by atoms with Crippen LogP contribution in [0.1, 0.15) is 21.5 Å². The van der Waals surface area contributed by atoms with Gasteiger partial charge in [-0.3, -0.25) is 4.79 Å². The monoisotopic (exact) mass is 388 g/mol. The van der Waals surface area contributed by atoms with Gasteiger partial charge in [-0.2, -0.15) is 0 Å². The van der Waals surface area contributed by atoms with Crippen LogP contribution in [0.25, 0.3) is 0 Å². The third-order valence-electron chi connectivity index (χ3n) is 3.64. The second-order valence-corrected chi connectivity index (χ2v) is 7.30. The molecule has 2 nitrogen and oxygen atoms in total. The van der Waals surface area contributed by atoms with Gasteiger partial charge in [-0.1, -0.05) is 53.5 Å². The third-order valence-corrected chi connectivity index (χ3v) is 5.23. The highest BCUT2D eigenvalue weighted by atomic mass is 35.5. The van der Waals surface area contributed by atoms with Gasteiger partial charge in [0.1, 0.15) is 5.75 Å². The smallest absolute Gasteiger partial charge is 0.196 e. The van der Waals surface area contributed by atoms with Gasteiger partial charge in [0.25, 0.3) is 0 Å². The van der Waals surface area contributed by atoms with E-state index >= 15 is 0 Å². The van der Waals surface area contributed by atoms with Gasteiger partial charge in [-0.05, 0) is 42.0 Å². The van der Waals surface area contributed by atoms with Crippen LogP contribution in [-0.4, -0.2) is 10.9 Å². The Morgan fingerprint density at radius 1 is 0.960 bits per heavy atom. The molecular formula is C20H14Cl2O2S. The molecule has 0 aromatic heterocycles. The number of hydrogen-bond acceptors (Lipinski definition) is 3. The van der Waals surface area contributed by atoms with Crippen LogP contribution in [0.15, 0.2) is 71.6 Å². The number of halogens is 2. The van der Waals surface area contributed by atoms with Crippen molar-refractivity contribution in [2.75, 3.05) is 0 Å². The van der Waals surface area contributed by atoms with Crippen LogP contribution in [0.4, 0.5) is 0 Å². The molecule has 25 heavy (non-hydrogen) atoms. The van der Waals surface area contributed by atoms with Gasteiger partial charge in [-0.25, -0.2) is 0 Å². The van der Waals surface area contributed by atoms with Crippen molar-refractivity contribution in [3.63, 3.8) is 0 Å². The Kier molecular flexibility index (Phi) is 5.69. The standard InChI is InChI=1S/C20H14Cl2O2S/c21-15-10-17(20(24)18(22)11-15)19(23)14-6-8-16(9-7-14)25-12-13-4-2-1-3-5-13/h1-11,24H,12H2. The van der Waals surface area contributed by atoms with Crippen molar-refractivity contribution in [3.05, 3.63) is 93.5 Å². The Morgan fingerprint density at radius 2 is 1.64 bits per heavy atom. The summed E-state index contributed by atoms with van der Waals surface area (Å²) in [6, 6.07) is 20.3. The number of phenolic OH excluding ortho intramolecular Hbond substituents is 1. The van der Waals surface area contributed by atoms with Gasteiger partial charge >= 0.3 is 0 Å². The van der Waals surface area contributed by atoms with Gasteiger partial charge in [0.15, 0.2) is 5.78 Å². The molecule has 3 aromatic carbocycles. The van der Waals surface area contributed by atoms with Gasteiger partial charge in [0, 0.05) is 21.2 Å². The molecule has 0 spiro atoms. The zero-order valence-electron chi connectivity index (χ0n) is 13.1.